The van der Waals surface area contributed by atoms with E-state index in [4.69, 9.17) is 4.98 Å². The zero-order valence-electron chi connectivity index (χ0n) is 17.8. The predicted octanol–water partition coefficient (Wildman–Crippen LogP) is 5.37. The minimum absolute atomic E-state index is 0.0392. The molecule has 1 fully saturated rings. The quantitative estimate of drug-likeness (QED) is 0.604. The molecule has 31 heavy (non-hydrogen) atoms. The van der Waals surface area contributed by atoms with E-state index in [0.29, 0.717) is 17.2 Å². The Morgan fingerprint density at radius 1 is 1.10 bits per heavy atom. The van der Waals surface area contributed by atoms with E-state index in [1.165, 1.54) is 11.3 Å². The fourth-order valence-corrected chi connectivity index (χ4v) is 5.05. The number of nitrogens with zero attached hydrogens (tertiary/aromatic N) is 2. The molecule has 0 spiro atoms. The fourth-order valence-electron chi connectivity index (χ4n) is 4.21. The molecule has 1 saturated carbocycles. The monoisotopic (exact) mass is 431 g/mol. The van der Waals surface area contributed by atoms with Crippen molar-refractivity contribution >= 4 is 34.0 Å². The number of carbonyl (C=O) groups excluding carboxylic acids is 2. The van der Waals surface area contributed by atoms with Crippen molar-refractivity contribution in [2.24, 2.45) is 5.92 Å². The van der Waals surface area contributed by atoms with Crippen LogP contribution in [0.25, 0.3) is 11.3 Å². The van der Waals surface area contributed by atoms with Gasteiger partial charge < -0.3 is 10.2 Å². The van der Waals surface area contributed by atoms with Crippen LogP contribution in [-0.2, 0) is 11.2 Å². The molecule has 0 bridgehead atoms. The highest BCUT2D eigenvalue weighted by Crippen LogP contribution is 2.37. The minimum atomic E-state index is 0.0392. The van der Waals surface area contributed by atoms with Gasteiger partial charge in [0.2, 0.25) is 5.91 Å². The summed E-state index contributed by atoms with van der Waals surface area (Å²) in [6, 6.07) is 13.9. The van der Waals surface area contributed by atoms with Crippen molar-refractivity contribution in [3.05, 3.63) is 64.0 Å². The van der Waals surface area contributed by atoms with Crippen molar-refractivity contribution in [2.75, 3.05) is 16.8 Å². The fraction of sp³-hybridized carbons (Fsp3) is 0.320. The van der Waals surface area contributed by atoms with Gasteiger partial charge in [0, 0.05) is 34.2 Å². The molecule has 0 radical (unpaired) electrons. The molecule has 1 aliphatic heterocycles. The zero-order valence-corrected chi connectivity index (χ0v) is 18.6. The van der Waals surface area contributed by atoms with Gasteiger partial charge in [0.1, 0.15) is 0 Å². The molecule has 6 heteroatoms. The maximum Gasteiger partial charge on any atom is 0.258 e. The molecule has 0 atom stereocenters. The Bertz CT molecular complexity index is 1160. The van der Waals surface area contributed by atoms with Crippen LogP contribution >= 0.6 is 11.3 Å². The highest BCUT2D eigenvalue weighted by Gasteiger charge is 2.28. The van der Waals surface area contributed by atoms with Crippen LogP contribution in [0.2, 0.25) is 0 Å². The summed E-state index contributed by atoms with van der Waals surface area (Å²) in [6.45, 7) is 4.74. The van der Waals surface area contributed by atoms with E-state index in [9.17, 15) is 9.59 Å². The number of hydrogen-bond donors (Lipinski definition) is 1. The molecule has 0 unspecified atom stereocenters. The molecule has 2 heterocycles. The summed E-state index contributed by atoms with van der Waals surface area (Å²) in [5.74, 6) is 0.271. The Morgan fingerprint density at radius 2 is 1.87 bits per heavy atom. The number of aryl methyl sites for hydroxylation is 2. The standard InChI is InChI=1S/C25H25N3O2S/c1-15-6-8-18(9-7-15)24(30)28-13-12-19-14-20(10-11-21(19)28)22-16(2)31-25(26-22)27-23(29)17-4-3-5-17/h6-11,14,17H,3-5,12-13H2,1-2H3,(H,26,27,29). The Kier molecular flexibility index (Phi) is 5.10. The first-order valence-corrected chi connectivity index (χ1v) is 11.6. The number of aromatic nitrogens is 1. The number of rotatable bonds is 4. The number of anilines is 2. The molecule has 0 saturated heterocycles. The molecule has 3 aromatic rings. The van der Waals surface area contributed by atoms with Crippen molar-refractivity contribution < 1.29 is 9.59 Å². The molecular formula is C25H25N3O2S. The third-order valence-electron chi connectivity index (χ3n) is 6.29. The SMILES string of the molecule is Cc1ccc(C(=O)N2CCc3cc(-c4nc(NC(=O)C5CCC5)sc4C)ccc32)cc1. The van der Waals surface area contributed by atoms with Crippen LogP contribution in [0.15, 0.2) is 42.5 Å². The summed E-state index contributed by atoms with van der Waals surface area (Å²) in [5.41, 5.74) is 5.92. The summed E-state index contributed by atoms with van der Waals surface area (Å²) in [4.78, 5) is 32.9. The van der Waals surface area contributed by atoms with Crippen LogP contribution in [0.1, 0.15) is 45.6 Å². The number of carbonyl (C=O) groups is 2. The van der Waals surface area contributed by atoms with Crippen LogP contribution in [0.5, 0.6) is 0 Å². The maximum absolute atomic E-state index is 13.0. The largest absolute Gasteiger partial charge is 0.308 e. The Morgan fingerprint density at radius 3 is 2.58 bits per heavy atom. The van der Waals surface area contributed by atoms with Gasteiger partial charge in [-0.2, -0.15) is 0 Å². The lowest BCUT2D eigenvalue weighted by Gasteiger charge is -2.23. The summed E-state index contributed by atoms with van der Waals surface area (Å²) in [6.07, 6.45) is 3.92. The first-order chi connectivity index (χ1) is 15.0. The molecule has 1 aromatic heterocycles. The average molecular weight is 432 g/mol. The first kappa shape index (κ1) is 19.9. The topological polar surface area (TPSA) is 62.3 Å². The number of benzene rings is 2. The molecule has 5 rings (SSSR count). The van der Waals surface area contributed by atoms with Crippen molar-refractivity contribution in [3.8, 4) is 11.3 Å². The summed E-state index contributed by atoms with van der Waals surface area (Å²) in [7, 11) is 0. The molecule has 5 nitrogen and oxygen atoms in total. The maximum atomic E-state index is 13.0. The van der Waals surface area contributed by atoms with Crippen LogP contribution in [-0.4, -0.2) is 23.3 Å². The summed E-state index contributed by atoms with van der Waals surface area (Å²) < 4.78 is 0. The van der Waals surface area contributed by atoms with Crippen LogP contribution in [0.3, 0.4) is 0 Å². The normalized spacial score (nSPS) is 15.5. The number of hydrogen-bond acceptors (Lipinski definition) is 4. The second-order valence-electron chi connectivity index (χ2n) is 8.46. The van der Waals surface area contributed by atoms with Crippen molar-refractivity contribution in [1.82, 2.24) is 4.98 Å². The van der Waals surface area contributed by atoms with Gasteiger partial charge in [0.25, 0.3) is 5.91 Å². The molecular weight excluding hydrogens is 406 g/mol. The van der Waals surface area contributed by atoms with Crippen molar-refractivity contribution in [2.45, 2.75) is 39.5 Å². The van der Waals surface area contributed by atoms with Gasteiger partial charge >= 0.3 is 0 Å². The molecule has 2 aromatic carbocycles. The van der Waals surface area contributed by atoms with Gasteiger partial charge in [-0.05, 0) is 62.9 Å². The highest BCUT2D eigenvalue weighted by atomic mass is 32.1. The summed E-state index contributed by atoms with van der Waals surface area (Å²) >= 11 is 1.52. The molecule has 1 N–H and O–H groups in total. The third kappa shape index (κ3) is 3.76. The second kappa shape index (κ2) is 7.93. The summed E-state index contributed by atoms with van der Waals surface area (Å²) in [5, 5.41) is 3.65. The van der Waals surface area contributed by atoms with E-state index in [1.54, 1.807) is 0 Å². The Hall–Kier alpha value is -2.99. The van der Waals surface area contributed by atoms with Crippen LogP contribution in [0.4, 0.5) is 10.8 Å². The molecule has 2 aliphatic rings. The van der Waals surface area contributed by atoms with Gasteiger partial charge in [-0.25, -0.2) is 4.98 Å². The third-order valence-corrected chi connectivity index (χ3v) is 7.18. The first-order valence-electron chi connectivity index (χ1n) is 10.8. The Balaban J connectivity index is 1.37. The van der Waals surface area contributed by atoms with Gasteiger partial charge in [-0.15, -0.1) is 11.3 Å². The zero-order chi connectivity index (χ0) is 21.5. The second-order valence-corrected chi connectivity index (χ2v) is 9.66. The number of nitrogens with one attached hydrogen (secondary N) is 1. The number of amides is 2. The Labute approximate surface area is 186 Å². The lowest BCUT2D eigenvalue weighted by atomic mass is 9.85. The predicted molar refractivity (Wildman–Crippen MR) is 125 cm³/mol. The van der Waals surface area contributed by atoms with E-state index in [-0.39, 0.29) is 17.7 Å². The van der Waals surface area contributed by atoms with E-state index in [0.717, 1.165) is 58.6 Å². The van der Waals surface area contributed by atoms with Crippen LogP contribution in [0, 0.1) is 19.8 Å². The van der Waals surface area contributed by atoms with E-state index in [1.807, 2.05) is 55.1 Å². The van der Waals surface area contributed by atoms with E-state index >= 15 is 0 Å². The smallest absolute Gasteiger partial charge is 0.258 e. The van der Waals surface area contributed by atoms with Crippen LogP contribution < -0.4 is 10.2 Å². The van der Waals surface area contributed by atoms with E-state index < -0.39 is 0 Å². The molecule has 2 amide bonds. The van der Waals surface area contributed by atoms with Gasteiger partial charge in [-0.1, -0.05) is 30.2 Å². The lowest BCUT2D eigenvalue weighted by Crippen LogP contribution is -2.28. The van der Waals surface area contributed by atoms with Gasteiger partial charge in [0.15, 0.2) is 5.13 Å². The molecule has 1 aliphatic carbocycles. The number of thiazole rings is 1. The number of fused-ring (bicyclic) bond motifs is 1. The van der Waals surface area contributed by atoms with Gasteiger partial charge in [0.05, 0.1) is 5.69 Å². The van der Waals surface area contributed by atoms with Gasteiger partial charge in [-0.3, -0.25) is 9.59 Å². The van der Waals surface area contributed by atoms with E-state index in [2.05, 4.69) is 11.4 Å². The van der Waals surface area contributed by atoms with Crippen molar-refractivity contribution in [1.29, 1.82) is 0 Å². The van der Waals surface area contributed by atoms with Crippen molar-refractivity contribution in [3.63, 3.8) is 0 Å². The molecule has 158 valence electrons. The highest BCUT2D eigenvalue weighted by molar-refractivity contribution is 7.16. The lowest BCUT2D eigenvalue weighted by molar-refractivity contribution is -0.122. The minimum Gasteiger partial charge on any atom is -0.308 e. The average Bonchev–Trinajstić information content (AvgIpc) is 3.29.